The van der Waals surface area contributed by atoms with Crippen LogP contribution < -0.4 is 5.32 Å². The molecule has 2 N–H and O–H groups in total. The number of likely N-dealkylation sites (tertiary alicyclic amines) is 1. The lowest BCUT2D eigenvalue weighted by Crippen LogP contribution is -2.43. The Morgan fingerprint density at radius 3 is 3.00 bits per heavy atom. The molecule has 0 aromatic heterocycles. The number of nitrogens with zero attached hydrogens (tertiary/aromatic N) is 1. The maximum atomic E-state index is 12.0. The molecule has 2 heterocycles. The molecule has 16 heavy (non-hydrogen) atoms. The van der Waals surface area contributed by atoms with Crippen molar-refractivity contribution in [1.29, 1.82) is 0 Å². The highest BCUT2D eigenvalue weighted by Crippen LogP contribution is 2.17. The number of hydrogen-bond donors (Lipinski definition) is 2. The van der Waals surface area contributed by atoms with Gasteiger partial charge >= 0.3 is 0 Å². The number of nitrogens with one attached hydrogen (secondary N) is 1. The highest BCUT2D eigenvalue weighted by atomic mass is 16.5. The summed E-state index contributed by atoms with van der Waals surface area (Å²) in [5.74, 6) is 0.110. The third kappa shape index (κ3) is 2.36. The number of aliphatic hydroxyl groups is 1. The van der Waals surface area contributed by atoms with E-state index in [1.54, 1.807) is 4.90 Å². The topological polar surface area (TPSA) is 61.8 Å². The van der Waals surface area contributed by atoms with Gasteiger partial charge in [0.15, 0.2) is 0 Å². The Hall–Kier alpha value is -0.650. The molecule has 0 bridgehead atoms. The van der Waals surface area contributed by atoms with Crippen molar-refractivity contribution in [1.82, 2.24) is 10.2 Å². The van der Waals surface area contributed by atoms with Crippen LogP contribution in [0, 0.1) is 0 Å². The van der Waals surface area contributed by atoms with Crippen molar-refractivity contribution >= 4 is 5.91 Å². The van der Waals surface area contributed by atoms with Gasteiger partial charge in [0.2, 0.25) is 5.91 Å². The molecule has 3 unspecified atom stereocenters. The molecule has 0 saturated carbocycles. The fourth-order valence-electron chi connectivity index (χ4n) is 2.43. The van der Waals surface area contributed by atoms with Gasteiger partial charge in [-0.25, -0.2) is 0 Å². The normalized spacial score (nSPS) is 34.6. The van der Waals surface area contributed by atoms with Gasteiger partial charge in [0.05, 0.1) is 12.1 Å². The summed E-state index contributed by atoms with van der Waals surface area (Å²) in [7, 11) is 0. The SMILES string of the molecule is CCOC1CN(C(=O)C2CCCN2)CC1O. The second-order valence-corrected chi connectivity index (χ2v) is 4.45. The van der Waals surface area contributed by atoms with Crippen molar-refractivity contribution in [2.45, 2.75) is 38.0 Å². The molecule has 2 fully saturated rings. The predicted molar refractivity (Wildman–Crippen MR) is 59.0 cm³/mol. The third-order valence-electron chi connectivity index (χ3n) is 3.29. The molecule has 2 saturated heterocycles. The molecule has 92 valence electrons. The van der Waals surface area contributed by atoms with Gasteiger partial charge in [0.1, 0.15) is 6.10 Å². The molecule has 0 radical (unpaired) electrons. The predicted octanol–water partition coefficient (Wildman–Crippen LogP) is -0.653. The summed E-state index contributed by atoms with van der Waals surface area (Å²) < 4.78 is 5.39. The maximum Gasteiger partial charge on any atom is 0.239 e. The lowest BCUT2D eigenvalue weighted by atomic mass is 10.2. The molecule has 3 atom stereocenters. The average Bonchev–Trinajstić information content (AvgIpc) is 2.88. The van der Waals surface area contributed by atoms with E-state index < -0.39 is 6.10 Å². The van der Waals surface area contributed by atoms with Crippen molar-refractivity contribution in [3.05, 3.63) is 0 Å². The summed E-state index contributed by atoms with van der Waals surface area (Å²) in [6.45, 7) is 4.32. The number of amides is 1. The molecule has 0 aromatic carbocycles. The Labute approximate surface area is 95.8 Å². The first-order valence-corrected chi connectivity index (χ1v) is 6.04. The number of hydrogen-bond acceptors (Lipinski definition) is 4. The number of aliphatic hydroxyl groups excluding tert-OH is 1. The van der Waals surface area contributed by atoms with E-state index in [-0.39, 0.29) is 18.1 Å². The van der Waals surface area contributed by atoms with Crippen LogP contribution in [0.5, 0.6) is 0 Å². The minimum atomic E-state index is -0.537. The van der Waals surface area contributed by atoms with Crippen LogP contribution in [0.2, 0.25) is 0 Å². The molecular formula is C11H20N2O3. The first-order chi connectivity index (χ1) is 7.72. The number of ether oxygens (including phenoxy) is 1. The molecule has 1 amide bonds. The first-order valence-electron chi connectivity index (χ1n) is 6.04. The van der Waals surface area contributed by atoms with Crippen molar-refractivity contribution in [2.24, 2.45) is 0 Å². The van der Waals surface area contributed by atoms with E-state index in [0.717, 1.165) is 19.4 Å². The number of β-amino-alcohol motifs (C(OH)–C–C–N with tert-alkyl or cyclic N) is 1. The fraction of sp³-hybridized carbons (Fsp3) is 0.909. The van der Waals surface area contributed by atoms with E-state index in [1.807, 2.05) is 6.92 Å². The summed E-state index contributed by atoms with van der Waals surface area (Å²) in [5, 5.41) is 12.9. The molecule has 0 aliphatic carbocycles. The van der Waals surface area contributed by atoms with Crippen molar-refractivity contribution in [3.63, 3.8) is 0 Å². The largest absolute Gasteiger partial charge is 0.388 e. The van der Waals surface area contributed by atoms with E-state index >= 15 is 0 Å². The van der Waals surface area contributed by atoms with E-state index in [4.69, 9.17) is 4.74 Å². The van der Waals surface area contributed by atoms with Gasteiger partial charge in [-0.15, -0.1) is 0 Å². The van der Waals surface area contributed by atoms with Gasteiger partial charge in [0.25, 0.3) is 0 Å². The van der Waals surface area contributed by atoms with Gasteiger partial charge in [-0.3, -0.25) is 4.79 Å². The van der Waals surface area contributed by atoms with Gasteiger partial charge in [0, 0.05) is 19.7 Å². The summed E-state index contributed by atoms with van der Waals surface area (Å²) in [6, 6.07) is -0.0485. The molecular weight excluding hydrogens is 208 g/mol. The van der Waals surface area contributed by atoms with Gasteiger partial charge in [-0.05, 0) is 26.3 Å². The zero-order valence-electron chi connectivity index (χ0n) is 9.69. The summed E-state index contributed by atoms with van der Waals surface area (Å²) in [5.41, 5.74) is 0. The van der Waals surface area contributed by atoms with Gasteiger partial charge < -0.3 is 20.1 Å². The van der Waals surface area contributed by atoms with E-state index in [9.17, 15) is 9.90 Å². The quantitative estimate of drug-likeness (QED) is 0.673. The third-order valence-corrected chi connectivity index (χ3v) is 3.29. The molecule has 5 nitrogen and oxygen atoms in total. The van der Waals surface area contributed by atoms with Crippen molar-refractivity contribution < 1.29 is 14.6 Å². The number of rotatable bonds is 3. The standard InChI is InChI=1S/C11H20N2O3/c1-2-16-10-7-13(6-9(10)14)11(15)8-4-3-5-12-8/h8-10,12,14H,2-7H2,1H3. The lowest BCUT2D eigenvalue weighted by Gasteiger charge is -2.20. The molecule has 0 aromatic rings. The Kier molecular flexibility index (Phi) is 3.78. The first kappa shape index (κ1) is 11.8. The van der Waals surface area contributed by atoms with Gasteiger partial charge in [-0.2, -0.15) is 0 Å². The number of carbonyl (C=O) groups is 1. The molecule has 5 heteroatoms. The summed E-state index contributed by atoms with van der Waals surface area (Å²) >= 11 is 0. The van der Waals surface area contributed by atoms with Crippen LogP contribution in [0.25, 0.3) is 0 Å². The van der Waals surface area contributed by atoms with E-state index in [0.29, 0.717) is 19.7 Å². The highest BCUT2D eigenvalue weighted by Gasteiger charge is 2.37. The molecule has 2 aliphatic heterocycles. The zero-order valence-corrected chi connectivity index (χ0v) is 9.69. The van der Waals surface area contributed by atoms with Crippen LogP contribution in [-0.4, -0.2) is 60.4 Å². The molecule has 0 spiro atoms. The summed E-state index contributed by atoms with van der Waals surface area (Å²) in [4.78, 5) is 13.8. The number of carbonyl (C=O) groups excluding carboxylic acids is 1. The lowest BCUT2D eigenvalue weighted by molar-refractivity contribution is -0.132. The minimum Gasteiger partial charge on any atom is -0.388 e. The fourth-order valence-corrected chi connectivity index (χ4v) is 2.43. The summed E-state index contributed by atoms with van der Waals surface area (Å²) in [6.07, 6.45) is 1.22. The van der Waals surface area contributed by atoms with Crippen LogP contribution in [0.3, 0.4) is 0 Å². The maximum absolute atomic E-state index is 12.0. The van der Waals surface area contributed by atoms with Crippen molar-refractivity contribution in [2.75, 3.05) is 26.2 Å². The van der Waals surface area contributed by atoms with Crippen LogP contribution in [-0.2, 0) is 9.53 Å². The highest BCUT2D eigenvalue weighted by molar-refractivity contribution is 5.82. The Balaban J connectivity index is 1.88. The monoisotopic (exact) mass is 228 g/mol. The van der Waals surface area contributed by atoms with Crippen LogP contribution >= 0.6 is 0 Å². The molecule has 2 aliphatic rings. The van der Waals surface area contributed by atoms with E-state index in [1.165, 1.54) is 0 Å². The van der Waals surface area contributed by atoms with Crippen LogP contribution in [0.4, 0.5) is 0 Å². The van der Waals surface area contributed by atoms with E-state index in [2.05, 4.69) is 5.32 Å². The Morgan fingerprint density at radius 1 is 1.56 bits per heavy atom. The second-order valence-electron chi connectivity index (χ2n) is 4.45. The van der Waals surface area contributed by atoms with Crippen LogP contribution in [0.1, 0.15) is 19.8 Å². The van der Waals surface area contributed by atoms with Gasteiger partial charge in [-0.1, -0.05) is 0 Å². The Morgan fingerprint density at radius 2 is 2.38 bits per heavy atom. The minimum absolute atomic E-state index is 0.0485. The Bertz CT molecular complexity index is 254. The second kappa shape index (κ2) is 5.12. The van der Waals surface area contributed by atoms with Crippen molar-refractivity contribution in [3.8, 4) is 0 Å². The average molecular weight is 228 g/mol. The van der Waals surface area contributed by atoms with Crippen LogP contribution in [0.15, 0.2) is 0 Å². The molecule has 2 rings (SSSR count). The smallest absolute Gasteiger partial charge is 0.239 e. The zero-order chi connectivity index (χ0) is 11.5.